The normalized spacial score (nSPS) is 15.3. The third kappa shape index (κ3) is 2.99. The number of nitrogens with zero attached hydrogens (tertiary/aromatic N) is 1. The Morgan fingerprint density at radius 2 is 1.87 bits per heavy atom. The molecule has 6 heteroatoms. The lowest BCUT2D eigenvalue weighted by atomic mass is 10.3. The molecule has 0 fully saturated rings. The van der Waals surface area contributed by atoms with Gasteiger partial charge in [0.05, 0.1) is 12.2 Å². The molecule has 80 valence electrons. The maximum atomic E-state index is 4.35. The maximum Gasteiger partial charge on any atom is 0.161 e. The number of hydrogen-bond donors (Lipinski definition) is 1. The Bertz CT molecular complexity index is 397. The minimum Gasteiger partial charge on any atom is -0.333 e. The summed E-state index contributed by atoms with van der Waals surface area (Å²) in [7, 11) is 0. The predicted octanol–water partition coefficient (Wildman–Crippen LogP) is 4.49. The first-order valence-electron chi connectivity index (χ1n) is 4.25. The molecule has 15 heavy (non-hydrogen) atoms. The summed E-state index contributed by atoms with van der Waals surface area (Å²) < 4.78 is 3.06. The van der Waals surface area contributed by atoms with Gasteiger partial charge in [0.25, 0.3) is 0 Å². The van der Waals surface area contributed by atoms with Crippen LogP contribution in [0.3, 0.4) is 0 Å². The van der Waals surface area contributed by atoms with Gasteiger partial charge in [-0.2, -0.15) is 0 Å². The van der Waals surface area contributed by atoms with Crippen molar-refractivity contribution in [2.45, 2.75) is 0 Å². The third-order valence-corrected chi connectivity index (χ3v) is 4.42. The summed E-state index contributed by atoms with van der Waals surface area (Å²) in [5.41, 5.74) is 1.02. The van der Waals surface area contributed by atoms with E-state index in [1.54, 1.807) is 11.8 Å². The second-order valence-electron chi connectivity index (χ2n) is 2.90. The van der Waals surface area contributed by atoms with E-state index in [0.29, 0.717) is 0 Å². The van der Waals surface area contributed by atoms with Crippen molar-refractivity contribution in [2.24, 2.45) is 4.99 Å². The highest BCUT2D eigenvalue weighted by atomic mass is 79.9. The Labute approximate surface area is 118 Å². The van der Waals surface area contributed by atoms with Crippen molar-refractivity contribution in [3.63, 3.8) is 0 Å². The number of nitrogens with one attached hydrogen (secondary N) is 1. The minimum absolute atomic E-state index is 0.902. The molecule has 1 N–H and O–H groups in total. The van der Waals surface area contributed by atoms with Gasteiger partial charge in [-0.15, -0.1) is 0 Å². The molecule has 0 saturated carbocycles. The van der Waals surface area contributed by atoms with Gasteiger partial charge in [0.2, 0.25) is 0 Å². The first-order chi connectivity index (χ1) is 7.16. The van der Waals surface area contributed by atoms with E-state index in [2.05, 4.69) is 58.1 Å². The van der Waals surface area contributed by atoms with Crippen LogP contribution in [0.1, 0.15) is 0 Å². The van der Waals surface area contributed by atoms with Gasteiger partial charge < -0.3 is 5.32 Å². The molecule has 0 unspecified atom stereocenters. The quantitative estimate of drug-likeness (QED) is 0.732. The van der Waals surface area contributed by atoms with Gasteiger partial charge in [-0.05, 0) is 44.0 Å². The number of rotatable bonds is 1. The molecule has 0 bridgehead atoms. The average molecular weight is 415 g/mol. The Morgan fingerprint density at radius 1 is 1.20 bits per heavy atom. The average Bonchev–Trinajstić information content (AvgIpc) is 2.63. The van der Waals surface area contributed by atoms with Crippen molar-refractivity contribution in [1.82, 2.24) is 0 Å². The summed E-state index contributed by atoms with van der Waals surface area (Å²) in [6.07, 6.45) is 0. The van der Waals surface area contributed by atoms with Crippen molar-refractivity contribution in [1.29, 1.82) is 0 Å². The molecule has 0 radical (unpaired) electrons. The van der Waals surface area contributed by atoms with Crippen LogP contribution in [0.15, 0.2) is 30.5 Å². The van der Waals surface area contributed by atoms with Gasteiger partial charge in [-0.25, -0.2) is 0 Å². The zero-order chi connectivity index (χ0) is 10.8. The highest BCUT2D eigenvalue weighted by Gasteiger charge is 2.12. The van der Waals surface area contributed by atoms with Crippen LogP contribution in [-0.4, -0.2) is 17.5 Å². The van der Waals surface area contributed by atoms with Gasteiger partial charge >= 0.3 is 0 Å². The van der Waals surface area contributed by atoms with E-state index in [1.807, 2.05) is 12.1 Å². The number of anilines is 1. The molecule has 0 aliphatic carbocycles. The predicted molar refractivity (Wildman–Crippen MR) is 77.9 cm³/mol. The van der Waals surface area contributed by atoms with Crippen LogP contribution in [-0.2, 0) is 0 Å². The molecule has 1 heterocycles. The summed E-state index contributed by atoms with van der Waals surface area (Å²) in [5.74, 6) is 1.06. The van der Waals surface area contributed by atoms with Crippen molar-refractivity contribution in [2.75, 3.05) is 17.6 Å². The zero-order valence-electron chi connectivity index (χ0n) is 7.56. The van der Waals surface area contributed by atoms with E-state index in [1.165, 1.54) is 0 Å². The van der Waals surface area contributed by atoms with Gasteiger partial charge in [0.1, 0.15) is 0 Å². The van der Waals surface area contributed by atoms with Crippen LogP contribution >= 0.6 is 59.6 Å². The molecular formula is C9H7Br3N2S. The first kappa shape index (κ1) is 12.0. The van der Waals surface area contributed by atoms with E-state index in [9.17, 15) is 0 Å². The summed E-state index contributed by atoms with van der Waals surface area (Å²) >= 11 is 12.2. The van der Waals surface area contributed by atoms with Crippen LogP contribution in [0.5, 0.6) is 0 Å². The Balaban J connectivity index is 2.27. The molecule has 0 saturated heterocycles. The van der Waals surface area contributed by atoms with Gasteiger partial charge in [0, 0.05) is 19.2 Å². The van der Waals surface area contributed by atoms with Gasteiger partial charge in [-0.1, -0.05) is 27.7 Å². The van der Waals surface area contributed by atoms with E-state index >= 15 is 0 Å². The summed E-state index contributed by atoms with van der Waals surface area (Å²) in [5, 5.41) is 4.29. The third-order valence-electron chi connectivity index (χ3n) is 1.82. The highest BCUT2D eigenvalue weighted by molar-refractivity contribution is 9.11. The van der Waals surface area contributed by atoms with Crippen LogP contribution in [0.4, 0.5) is 5.69 Å². The number of amidine groups is 1. The molecule has 2 rings (SSSR count). The second-order valence-corrected chi connectivity index (χ2v) is 6.61. The maximum absolute atomic E-state index is 4.35. The molecule has 0 atom stereocenters. The number of thioether (sulfide) groups is 1. The van der Waals surface area contributed by atoms with Gasteiger partial charge in [0.15, 0.2) is 5.17 Å². The Morgan fingerprint density at radius 3 is 2.40 bits per heavy atom. The molecule has 2 nitrogen and oxygen atoms in total. The van der Waals surface area contributed by atoms with Crippen LogP contribution in [0.25, 0.3) is 0 Å². The fourth-order valence-corrected chi connectivity index (χ4v) is 4.37. The summed E-state index contributed by atoms with van der Waals surface area (Å²) in [4.78, 5) is 4.35. The first-order valence-corrected chi connectivity index (χ1v) is 7.62. The molecular weight excluding hydrogens is 408 g/mol. The second kappa shape index (κ2) is 5.21. The van der Waals surface area contributed by atoms with Gasteiger partial charge in [-0.3, -0.25) is 4.99 Å². The number of aliphatic imine (C=N–C) groups is 1. The standard InChI is InChI=1S/C9H7Br3N2S/c10-5-3-6(11)8(7(12)4-5)14-9-13-1-2-15-9/h3-4H,1-2H2,(H,13,14). The molecule has 0 amide bonds. The molecule has 0 aromatic heterocycles. The fraction of sp³-hybridized carbons (Fsp3) is 0.222. The van der Waals surface area contributed by atoms with E-state index in [4.69, 9.17) is 0 Å². The van der Waals surface area contributed by atoms with Crippen molar-refractivity contribution >= 4 is 70.4 Å². The number of halogens is 3. The number of hydrogen-bond acceptors (Lipinski definition) is 3. The molecule has 0 spiro atoms. The van der Waals surface area contributed by atoms with E-state index in [-0.39, 0.29) is 0 Å². The largest absolute Gasteiger partial charge is 0.333 e. The monoisotopic (exact) mass is 412 g/mol. The Kier molecular flexibility index (Phi) is 4.15. The summed E-state index contributed by atoms with van der Waals surface area (Å²) in [6, 6.07) is 4.01. The van der Waals surface area contributed by atoms with Crippen LogP contribution < -0.4 is 5.32 Å². The van der Waals surface area contributed by atoms with E-state index in [0.717, 1.165) is 36.6 Å². The topological polar surface area (TPSA) is 24.4 Å². The van der Waals surface area contributed by atoms with Crippen molar-refractivity contribution in [3.8, 4) is 0 Å². The smallest absolute Gasteiger partial charge is 0.161 e. The zero-order valence-corrected chi connectivity index (χ0v) is 13.1. The minimum atomic E-state index is 0.902. The van der Waals surface area contributed by atoms with E-state index < -0.39 is 0 Å². The Hall–Kier alpha value is 0.480. The SMILES string of the molecule is Brc1cc(Br)c(NC2=NCCS2)c(Br)c1. The molecule has 1 aliphatic heterocycles. The molecule has 1 aromatic carbocycles. The highest BCUT2D eigenvalue weighted by Crippen LogP contribution is 2.35. The molecule has 1 aromatic rings. The van der Waals surface area contributed by atoms with Crippen molar-refractivity contribution < 1.29 is 0 Å². The van der Waals surface area contributed by atoms with Crippen LogP contribution in [0, 0.1) is 0 Å². The fourth-order valence-electron chi connectivity index (χ4n) is 1.18. The lowest BCUT2D eigenvalue weighted by Crippen LogP contribution is -2.06. The van der Waals surface area contributed by atoms with Crippen LogP contribution in [0.2, 0.25) is 0 Å². The lowest BCUT2D eigenvalue weighted by molar-refractivity contribution is 1.17. The lowest BCUT2D eigenvalue weighted by Gasteiger charge is -2.10. The number of benzene rings is 1. The molecule has 1 aliphatic rings. The van der Waals surface area contributed by atoms with Crippen molar-refractivity contribution in [3.05, 3.63) is 25.6 Å². The summed E-state index contributed by atoms with van der Waals surface area (Å²) in [6.45, 7) is 0.902.